The average Bonchev–Trinajstić information content (AvgIpc) is 2.19. The van der Waals surface area contributed by atoms with Crippen molar-refractivity contribution in [2.45, 2.75) is 0 Å². The zero-order valence-electron chi connectivity index (χ0n) is 7.64. The van der Waals surface area contributed by atoms with Crippen molar-refractivity contribution in [1.29, 1.82) is 0 Å². The van der Waals surface area contributed by atoms with Crippen LogP contribution >= 0.6 is 12.4 Å². The Labute approximate surface area is 90.1 Å². The number of rotatable bonds is 2. The van der Waals surface area contributed by atoms with Crippen molar-refractivity contribution < 1.29 is 4.84 Å². The summed E-state index contributed by atoms with van der Waals surface area (Å²) in [6.07, 6.45) is 3.48. The van der Waals surface area contributed by atoms with E-state index in [4.69, 9.17) is 5.90 Å². The Morgan fingerprint density at radius 2 is 2.00 bits per heavy atom. The van der Waals surface area contributed by atoms with E-state index in [9.17, 15) is 0 Å². The molecule has 0 unspecified atom stereocenters. The molecule has 0 spiro atoms. The van der Waals surface area contributed by atoms with E-state index in [1.165, 1.54) is 0 Å². The lowest BCUT2D eigenvalue weighted by Gasteiger charge is -1.85. The van der Waals surface area contributed by atoms with Gasteiger partial charge in [-0.2, -0.15) is 0 Å². The van der Waals surface area contributed by atoms with Gasteiger partial charge in [0.25, 0.3) is 0 Å². The fourth-order valence-corrected chi connectivity index (χ4v) is 0.809. The van der Waals surface area contributed by atoms with Crippen molar-refractivity contribution in [1.82, 2.24) is 0 Å². The van der Waals surface area contributed by atoms with E-state index >= 15 is 0 Å². The van der Waals surface area contributed by atoms with Gasteiger partial charge in [0.2, 0.25) is 0 Å². The van der Waals surface area contributed by atoms with E-state index in [0.29, 0.717) is 6.61 Å². The van der Waals surface area contributed by atoms with Gasteiger partial charge in [0, 0.05) is 5.56 Å². The van der Waals surface area contributed by atoms with Gasteiger partial charge in [0.05, 0.1) is 6.61 Å². The lowest BCUT2D eigenvalue weighted by molar-refractivity contribution is 0.168. The van der Waals surface area contributed by atoms with Gasteiger partial charge in [-0.05, 0) is 24.3 Å². The predicted molar refractivity (Wildman–Crippen MR) is 59.8 cm³/mol. The quantitative estimate of drug-likeness (QED) is 0.597. The summed E-state index contributed by atoms with van der Waals surface area (Å²) in [5.74, 6) is 10.7. The minimum absolute atomic E-state index is 0. The van der Waals surface area contributed by atoms with Gasteiger partial charge >= 0.3 is 0 Å². The number of nitrogens with two attached hydrogens (primary N) is 1. The molecule has 0 saturated carbocycles. The number of halogens is 1. The van der Waals surface area contributed by atoms with Gasteiger partial charge in [-0.1, -0.05) is 30.0 Å². The molecule has 0 fully saturated rings. The molecule has 2 N–H and O–H groups in total. The molecule has 1 rings (SSSR count). The third-order valence-corrected chi connectivity index (χ3v) is 1.38. The van der Waals surface area contributed by atoms with Crippen molar-refractivity contribution in [2.75, 3.05) is 6.61 Å². The highest BCUT2D eigenvalue weighted by Gasteiger charge is 1.78. The van der Waals surface area contributed by atoms with Crippen LogP contribution < -0.4 is 5.90 Å². The molecular formula is C11H12ClNO. The second kappa shape index (κ2) is 8.33. The summed E-state index contributed by atoms with van der Waals surface area (Å²) >= 11 is 0. The van der Waals surface area contributed by atoms with Crippen molar-refractivity contribution in [3.63, 3.8) is 0 Å². The Hall–Kier alpha value is -1.27. The van der Waals surface area contributed by atoms with Crippen LogP contribution in [0, 0.1) is 11.8 Å². The van der Waals surface area contributed by atoms with E-state index in [-0.39, 0.29) is 12.4 Å². The number of hydrogen-bond donors (Lipinski definition) is 1. The summed E-state index contributed by atoms with van der Waals surface area (Å²) in [5.41, 5.74) is 1.00. The first-order chi connectivity index (χ1) is 6.43. The first kappa shape index (κ1) is 12.7. The molecular weight excluding hydrogens is 198 g/mol. The molecule has 0 aliphatic rings. The normalized spacial score (nSPS) is 8.93. The molecule has 0 aliphatic carbocycles. The van der Waals surface area contributed by atoms with Crippen molar-refractivity contribution >= 4 is 12.4 Å². The molecule has 0 heterocycles. The zero-order valence-corrected chi connectivity index (χ0v) is 8.46. The van der Waals surface area contributed by atoms with Crippen LogP contribution in [0.1, 0.15) is 5.56 Å². The lowest BCUT2D eigenvalue weighted by atomic mass is 10.2. The topological polar surface area (TPSA) is 35.2 Å². The third kappa shape index (κ3) is 5.39. The molecule has 0 saturated heterocycles. The summed E-state index contributed by atoms with van der Waals surface area (Å²) in [5, 5.41) is 0. The minimum atomic E-state index is 0. The fraction of sp³-hybridized carbons (Fsp3) is 0.0909. The maximum atomic E-state index is 4.82. The molecule has 0 aliphatic heterocycles. The van der Waals surface area contributed by atoms with Gasteiger partial charge in [0.1, 0.15) is 0 Å². The van der Waals surface area contributed by atoms with E-state index in [1.54, 1.807) is 12.2 Å². The first-order valence-electron chi connectivity index (χ1n) is 3.97. The van der Waals surface area contributed by atoms with E-state index < -0.39 is 0 Å². The van der Waals surface area contributed by atoms with E-state index in [2.05, 4.69) is 16.7 Å². The zero-order chi connectivity index (χ0) is 9.36. The monoisotopic (exact) mass is 209 g/mol. The summed E-state index contributed by atoms with van der Waals surface area (Å²) in [6.45, 7) is 0.392. The first-order valence-corrected chi connectivity index (χ1v) is 3.97. The molecule has 1 aromatic carbocycles. The van der Waals surface area contributed by atoms with Crippen LogP contribution in [0.15, 0.2) is 42.5 Å². The number of benzene rings is 1. The van der Waals surface area contributed by atoms with Crippen molar-refractivity contribution in [3.8, 4) is 11.8 Å². The summed E-state index contributed by atoms with van der Waals surface area (Å²) in [6, 6.07) is 9.79. The van der Waals surface area contributed by atoms with Gasteiger partial charge in [-0.15, -0.1) is 12.4 Å². The Kier molecular flexibility index (Phi) is 7.58. The summed E-state index contributed by atoms with van der Waals surface area (Å²) < 4.78 is 0. The van der Waals surface area contributed by atoms with Crippen LogP contribution in [0.2, 0.25) is 0 Å². The van der Waals surface area contributed by atoms with Gasteiger partial charge < -0.3 is 4.84 Å². The molecule has 1 aromatic rings. The number of allylic oxidation sites excluding steroid dienone is 1. The van der Waals surface area contributed by atoms with Gasteiger partial charge in [-0.25, -0.2) is 5.90 Å². The second-order valence-corrected chi connectivity index (χ2v) is 2.37. The Morgan fingerprint density at radius 3 is 2.64 bits per heavy atom. The van der Waals surface area contributed by atoms with E-state index in [1.807, 2.05) is 30.3 Å². The number of hydrogen-bond acceptors (Lipinski definition) is 2. The van der Waals surface area contributed by atoms with Crippen LogP contribution in [0.25, 0.3) is 0 Å². The van der Waals surface area contributed by atoms with Crippen molar-refractivity contribution in [2.24, 2.45) is 5.90 Å². The van der Waals surface area contributed by atoms with Crippen LogP contribution in [0.5, 0.6) is 0 Å². The SMILES string of the molecule is Cl.NOC/C=C/C#Cc1ccccc1. The lowest BCUT2D eigenvalue weighted by Crippen LogP contribution is -1.96. The molecule has 74 valence electrons. The Morgan fingerprint density at radius 1 is 1.29 bits per heavy atom. The molecule has 0 aromatic heterocycles. The maximum absolute atomic E-state index is 4.82. The second-order valence-electron chi connectivity index (χ2n) is 2.37. The standard InChI is InChI=1S/C11H11NO.ClH/c12-13-10-6-2-5-9-11-7-3-1-4-8-11;/h1-4,6-8H,10,12H2;1H/b6-2+;. The van der Waals surface area contributed by atoms with Gasteiger partial charge in [0.15, 0.2) is 0 Å². The highest BCUT2D eigenvalue weighted by Crippen LogP contribution is 1.94. The summed E-state index contributed by atoms with van der Waals surface area (Å²) in [7, 11) is 0. The highest BCUT2D eigenvalue weighted by molar-refractivity contribution is 5.85. The van der Waals surface area contributed by atoms with Crippen LogP contribution in [0.3, 0.4) is 0 Å². The predicted octanol–water partition coefficient (Wildman–Crippen LogP) is 1.91. The Balaban J connectivity index is 0.00000169. The van der Waals surface area contributed by atoms with Crippen molar-refractivity contribution in [3.05, 3.63) is 48.0 Å². The largest absolute Gasteiger partial charge is 0.300 e. The van der Waals surface area contributed by atoms with Gasteiger partial charge in [-0.3, -0.25) is 0 Å². The molecule has 0 bridgehead atoms. The molecule has 2 nitrogen and oxygen atoms in total. The Bertz CT molecular complexity index is 324. The van der Waals surface area contributed by atoms with Crippen LogP contribution in [0.4, 0.5) is 0 Å². The maximum Gasteiger partial charge on any atom is 0.0869 e. The van der Waals surface area contributed by atoms with Crippen LogP contribution in [-0.2, 0) is 4.84 Å². The fourth-order valence-electron chi connectivity index (χ4n) is 0.809. The smallest absolute Gasteiger partial charge is 0.0869 e. The molecule has 0 amide bonds. The van der Waals surface area contributed by atoms with E-state index in [0.717, 1.165) is 5.56 Å². The molecule has 3 heteroatoms. The molecule has 0 atom stereocenters. The molecule has 0 radical (unpaired) electrons. The average molecular weight is 210 g/mol. The third-order valence-electron chi connectivity index (χ3n) is 1.38. The minimum Gasteiger partial charge on any atom is -0.300 e. The molecule has 14 heavy (non-hydrogen) atoms. The van der Waals surface area contributed by atoms with Crippen LogP contribution in [-0.4, -0.2) is 6.61 Å². The summed E-state index contributed by atoms with van der Waals surface area (Å²) in [4.78, 5) is 4.34. The highest BCUT2D eigenvalue weighted by atomic mass is 35.5.